The third-order valence-corrected chi connectivity index (χ3v) is 10.7. The monoisotopic (exact) mass is 665 g/mol. The Morgan fingerprint density at radius 3 is 1.44 bits per heavy atom. The van der Waals surface area contributed by atoms with E-state index in [4.69, 9.17) is 0 Å². The molecule has 0 bridgehead atoms. The Hall–Kier alpha value is -6.44. The van der Waals surface area contributed by atoms with Gasteiger partial charge in [0.15, 0.2) is 0 Å². The number of fused-ring (bicyclic) bond motifs is 3. The first kappa shape index (κ1) is 31.5. The zero-order valence-corrected chi connectivity index (χ0v) is 29.5. The number of anilines is 3. The van der Waals surface area contributed by atoms with Gasteiger partial charge in [0.2, 0.25) is 0 Å². The molecule has 0 radical (unpaired) electrons. The van der Waals surface area contributed by atoms with Crippen LogP contribution in [0.25, 0.3) is 55.6 Å². The number of nitrogens with zero attached hydrogens (tertiary/aromatic N) is 1. The second kappa shape index (κ2) is 13.0. The molecule has 0 N–H and O–H groups in total. The van der Waals surface area contributed by atoms with Gasteiger partial charge in [-0.05, 0) is 109 Å². The lowest BCUT2D eigenvalue weighted by Gasteiger charge is -2.27. The maximum Gasteiger partial charge on any atom is 0.0468 e. The Morgan fingerprint density at radius 2 is 0.731 bits per heavy atom. The van der Waals surface area contributed by atoms with Gasteiger partial charge in [-0.25, -0.2) is 0 Å². The molecule has 52 heavy (non-hydrogen) atoms. The molecule has 1 aliphatic rings. The minimum Gasteiger partial charge on any atom is -0.310 e. The molecule has 0 unspecified atom stereocenters. The molecular weight excluding hydrogens is 627 g/mol. The fraction of sp³-hybridized carbons (Fsp3) is 0.0588. The highest BCUT2D eigenvalue weighted by molar-refractivity contribution is 5.90. The van der Waals surface area contributed by atoms with Crippen molar-refractivity contribution in [2.45, 2.75) is 19.3 Å². The highest BCUT2D eigenvalue weighted by Crippen LogP contribution is 2.49. The summed E-state index contributed by atoms with van der Waals surface area (Å²) in [5.74, 6) is 0. The molecule has 0 aromatic heterocycles. The first-order chi connectivity index (χ1) is 25.5. The van der Waals surface area contributed by atoms with Crippen LogP contribution in [0.2, 0.25) is 0 Å². The SMILES string of the molecule is CC1(C)c2ccccc2-c2ccc(-c3ccc(N(c4ccccc4)c4ccc(-c5ccc(-c6ccccc6)cc5)c(-c5ccccc5)c4)cc3)cc21. The molecule has 0 atom stereocenters. The van der Waals surface area contributed by atoms with Gasteiger partial charge >= 0.3 is 0 Å². The summed E-state index contributed by atoms with van der Waals surface area (Å²) < 4.78 is 0. The highest BCUT2D eigenvalue weighted by atomic mass is 15.1. The lowest BCUT2D eigenvalue weighted by atomic mass is 9.81. The molecule has 1 heteroatoms. The Bertz CT molecular complexity index is 2500. The lowest BCUT2D eigenvalue weighted by Crippen LogP contribution is -2.14. The summed E-state index contributed by atoms with van der Waals surface area (Å²) in [4.78, 5) is 2.36. The zero-order chi connectivity index (χ0) is 35.1. The van der Waals surface area contributed by atoms with Crippen molar-refractivity contribution in [3.8, 4) is 55.6 Å². The number of benzene rings is 8. The quantitative estimate of drug-likeness (QED) is 0.164. The second-order valence-corrected chi connectivity index (χ2v) is 14.2. The first-order valence-electron chi connectivity index (χ1n) is 18.1. The third-order valence-electron chi connectivity index (χ3n) is 10.7. The van der Waals surface area contributed by atoms with Crippen molar-refractivity contribution in [2.24, 2.45) is 0 Å². The van der Waals surface area contributed by atoms with E-state index in [0.717, 1.165) is 17.1 Å². The summed E-state index contributed by atoms with van der Waals surface area (Å²) in [6, 6.07) is 72.7. The van der Waals surface area contributed by atoms with Gasteiger partial charge in [-0.3, -0.25) is 0 Å². The van der Waals surface area contributed by atoms with Crippen LogP contribution in [0.5, 0.6) is 0 Å². The van der Waals surface area contributed by atoms with E-state index in [0.29, 0.717) is 0 Å². The van der Waals surface area contributed by atoms with Crippen LogP contribution in [-0.4, -0.2) is 0 Å². The predicted molar refractivity (Wildman–Crippen MR) is 220 cm³/mol. The Labute approximate surface area is 307 Å². The molecule has 0 saturated carbocycles. The minimum atomic E-state index is -0.0292. The molecule has 1 aliphatic carbocycles. The van der Waals surface area contributed by atoms with Gasteiger partial charge in [-0.2, -0.15) is 0 Å². The van der Waals surface area contributed by atoms with Crippen LogP contribution >= 0.6 is 0 Å². The molecule has 8 aromatic carbocycles. The average molecular weight is 666 g/mol. The smallest absolute Gasteiger partial charge is 0.0468 e. The molecule has 8 aromatic rings. The van der Waals surface area contributed by atoms with E-state index in [1.165, 1.54) is 66.8 Å². The molecule has 1 nitrogen and oxygen atoms in total. The van der Waals surface area contributed by atoms with Crippen LogP contribution < -0.4 is 4.90 Å². The zero-order valence-electron chi connectivity index (χ0n) is 29.5. The molecule has 0 fully saturated rings. The fourth-order valence-corrected chi connectivity index (χ4v) is 7.96. The average Bonchev–Trinajstić information content (AvgIpc) is 3.45. The van der Waals surface area contributed by atoms with Crippen LogP contribution in [0.4, 0.5) is 17.1 Å². The maximum absolute atomic E-state index is 2.40. The van der Waals surface area contributed by atoms with Crippen molar-refractivity contribution in [1.29, 1.82) is 0 Å². The van der Waals surface area contributed by atoms with E-state index in [1.54, 1.807) is 0 Å². The largest absolute Gasteiger partial charge is 0.310 e. The lowest BCUT2D eigenvalue weighted by molar-refractivity contribution is 0.660. The maximum atomic E-state index is 2.40. The summed E-state index contributed by atoms with van der Waals surface area (Å²) in [5.41, 5.74) is 18.5. The summed E-state index contributed by atoms with van der Waals surface area (Å²) in [6.45, 7) is 4.69. The Balaban J connectivity index is 1.11. The van der Waals surface area contributed by atoms with E-state index < -0.39 is 0 Å². The Kier molecular flexibility index (Phi) is 7.90. The third kappa shape index (κ3) is 5.61. The number of rotatable bonds is 7. The van der Waals surface area contributed by atoms with Crippen LogP contribution in [0, 0.1) is 0 Å². The van der Waals surface area contributed by atoms with Gasteiger partial charge in [-0.1, -0.05) is 172 Å². The Morgan fingerprint density at radius 1 is 0.288 bits per heavy atom. The van der Waals surface area contributed by atoms with E-state index >= 15 is 0 Å². The standard InChI is InChI=1S/C51H39N/c1-51(2)49-21-13-12-20-46(49)47-32-28-41(34-50(47)51)38-26-29-43(30-27-38)52(42-18-10-5-11-19-42)44-31-33-45(48(35-44)39-16-8-4-9-17-39)40-24-22-37(23-25-40)36-14-6-3-7-15-36/h3-35H,1-2H3. The number of hydrogen-bond donors (Lipinski definition) is 0. The van der Waals surface area contributed by atoms with E-state index in [9.17, 15) is 0 Å². The van der Waals surface area contributed by atoms with E-state index in [-0.39, 0.29) is 5.41 Å². The van der Waals surface area contributed by atoms with Gasteiger partial charge in [0, 0.05) is 22.5 Å². The predicted octanol–water partition coefficient (Wildman–Crippen LogP) is 14.1. The van der Waals surface area contributed by atoms with E-state index in [1.807, 2.05) is 0 Å². The first-order valence-corrected chi connectivity index (χ1v) is 18.1. The molecule has 0 amide bonds. The van der Waals surface area contributed by atoms with Crippen LogP contribution in [0.3, 0.4) is 0 Å². The second-order valence-electron chi connectivity index (χ2n) is 14.2. The van der Waals surface area contributed by atoms with Crippen molar-refractivity contribution >= 4 is 17.1 Å². The van der Waals surface area contributed by atoms with Crippen molar-refractivity contribution in [1.82, 2.24) is 0 Å². The molecule has 0 spiro atoms. The van der Waals surface area contributed by atoms with E-state index in [2.05, 4.69) is 219 Å². The normalized spacial score (nSPS) is 12.6. The topological polar surface area (TPSA) is 3.24 Å². The van der Waals surface area contributed by atoms with Gasteiger partial charge in [0.25, 0.3) is 0 Å². The molecular formula is C51H39N. The van der Waals surface area contributed by atoms with Crippen LogP contribution in [0.1, 0.15) is 25.0 Å². The van der Waals surface area contributed by atoms with Crippen molar-refractivity contribution in [2.75, 3.05) is 4.90 Å². The molecule has 0 saturated heterocycles. The molecule has 9 rings (SSSR count). The molecule has 248 valence electrons. The molecule has 0 aliphatic heterocycles. The summed E-state index contributed by atoms with van der Waals surface area (Å²) >= 11 is 0. The van der Waals surface area contributed by atoms with Crippen LogP contribution in [-0.2, 0) is 5.41 Å². The fourth-order valence-electron chi connectivity index (χ4n) is 7.96. The van der Waals surface area contributed by atoms with Crippen molar-refractivity contribution in [3.63, 3.8) is 0 Å². The van der Waals surface area contributed by atoms with Gasteiger partial charge in [0.1, 0.15) is 0 Å². The molecule has 0 heterocycles. The van der Waals surface area contributed by atoms with Gasteiger partial charge in [-0.15, -0.1) is 0 Å². The summed E-state index contributed by atoms with van der Waals surface area (Å²) in [7, 11) is 0. The van der Waals surface area contributed by atoms with Crippen molar-refractivity contribution < 1.29 is 0 Å². The van der Waals surface area contributed by atoms with Crippen molar-refractivity contribution in [3.05, 3.63) is 211 Å². The van der Waals surface area contributed by atoms with Gasteiger partial charge in [0.05, 0.1) is 0 Å². The number of hydrogen-bond acceptors (Lipinski definition) is 1. The number of para-hydroxylation sites is 1. The summed E-state index contributed by atoms with van der Waals surface area (Å²) in [6.07, 6.45) is 0. The van der Waals surface area contributed by atoms with Crippen LogP contribution in [0.15, 0.2) is 200 Å². The minimum absolute atomic E-state index is 0.0292. The summed E-state index contributed by atoms with van der Waals surface area (Å²) in [5, 5.41) is 0. The highest BCUT2D eigenvalue weighted by Gasteiger charge is 2.35. The van der Waals surface area contributed by atoms with Gasteiger partial charge < -0.3 is 4.90 Å².